The minimum atomic E-state index is 0.312. The van der Waals surface area contributed by atoms with E-state index in [4.69, 9.17) is 0 Å². The largest absolute Gasteiger partial charge is 0.354 e. The quantitative estimate of drug-likeness (QED) is 0.783. The van der Waals surface area contributed by atoms with Crippen LogP contribution < -0.4 is 4.90 Å². The van der Waals surface area contributed by atoms with Crippen LogP contribution in [-0.2, 0) is 4.79 Å². The van der Waals surface area contributed by atoms with E-state index in [1.54, 1.807) is 0 Å². The van der Waals surface area contributed by atoms with Crippen molar-refractivity contribution in [1.29, 1.82) is 0 Å². The highest BCUT2D eigenvalue weighted by Crippen LogP contribution is 2.21. The van der Waals surface area contributed by atoms with E-state index >= 15 is 0 Å². The topological polar surface area (TPSA) is 49.3 Å². The molecule has 0 saturated carbocycles. The molecule has 1 aromatic heterocycles. The van der Waals surface area contributed by atoms with Gasteiger partial charge in [0, 0.05) is 43.9 Å². The van der Waals surface area contributed by atoms with Crippen molar-refractivity contribution >= 4 is 11.7 Å². The predicted molar refractivity (Wildman–Crippen MR) is 93.8 cm³/mol. The van der Waals surface area contributed by atoms with Gasteiger partial charge in [-0.05, 0) is 33.6 Å². The van der Waals surface area contributed by atoms with Gasteiger partial charge < -0.3 is 9.80 Å². The average Bonchev–Trinajstić information content (AvgIpc) is 2.77. The maximum atomic E-state index is 12.3. The number of aryl methyl sites for hydroxylation is 2. The lowest BCUT2D eigenvalue weighted by atomic mass is 10.2. The number of carbonyl (C=O) groups excluding carboxylic acids is 1. The second-order valence-corrected chi connectivity index (χ2v) is 6.48. The van der Waals surface area contributed by atoms with Gasteiger partial charge in [0.15, 0.2) is 0 Å². The molecular weight excluding hydrogens is 288 g/mol. The molecule has 23 heavy (non-hydrogen) atoms. The number of aromatic nitrogens is 2. The second kappa shape index (κ2) is 8.27. The lowest BCUT2D eigenvalue weighted by Gasteiger charge is -2.25. The van der Waals surface area contributed by atoms with Crippen molar-refractivity contribution in [3.63, 3.8) is 0 Å². The van der Waals surface area contributed by atoms with Crippen molar-refractivity contribution in [3.8, 4) is 0 Å². The maximum absolute atomic E-state index is 12.3. The zero-order valence-electron chi connectivity index (χ0n) is 15.1. The van der Waals surface area contributed by atoms with Crippen LogP contribution in [0.5, 0.6) is 0 Å². The predicted octanol–water partition coefficient (Wildman–Crippen LogP) is 3.02. The summed E-state index contributed by atoms with van der Waals surface area (Å²) < 4.78 is 0. The van der Waals surface area contributed by atoms with Crippen LogP contribution in [0, 0.1) is 20.8 Å². The average molecular weight is 318 g/mol. The second-order valence-electron chi connectivity index (χ2n) is 6.48. The fourth-order valence-electron chi connectivity index (χ4n) is 3.12. The van der Waals surface area contributed by atoms with Crippen LogP contribution in [0.25, 0.3) is 0 Å². The monoisotopic (exact) mass is 318 g/mol. The minimum Gasteiger partial charge on any atom is -0.354 e. The summed E-state index contributed by atoms with van der Waals surface area (Å²) in [5.41, 5.74) is 2.20. The van der Waals surface area contributed by atoms with Crippen LogP contribution in [0.4, 0.5) is 5.82 Å². The zero-order valence-corrected chi connectivity index (χ0v) is 15.1. The third-order valence-corrected chi connectivity index (χ3v) is 4.62. The Labute approximate surface area is 140 Å². The van der Waals surface area contributed by atoms with Crippen molar-refractivity contribution in [2.24, 2.45) is 0 Å². The van der Waals surface area contributed by atoms with E-state index in [0.717, 1.165) is 74.8 Å². The van der Waals surface area contributed by atoms with E-state index in [9.17, 15) is 4.79 Å². The SMILES string of the molecule is CCCCCC(=O)N1CCCN(c2nc(C)nc(C)c2C)CC1. The molecule has 1 aliphatic rings. The van der Waals surface area contributed by atoms with E-state index in [0.29, 0.717) is 12.3 Å². The van der Waals surface area contributed by atoms with Crippen LogP contribution in [0.15, 0.2) is 0 Å². The van der Waals surface area contributed by atoms with E-state index in [1.807, 2.05) is 18.7 Å². The third-order valence-electron chi connectivity index (χ3n) is 4.62. The molecule has 2 heterocycles. The van der Waals surface area contributed by atoms with Crippen molar-refractivity contribution in [1.82, 2.24) is 14.9 Å². The summed E-state index contributed by atoms with van der Waals surface area (Å²) in [6.07, 6.45) is 5.01. The summed E-state index contributed by atoms with van der Waals surface area (Å²) in [6.45, 7) is 11.7. The summed E-state index contributed by atoms with van der Waals surface area (Å²) in [6, 6.07) is 0. The Bertz CT molecular complexity index is 544. The number of unbranched alkanes of at least 4 members (excludes halogenated alkanes) is 2. The molecule has 0 unspecified atom stereocenters. The number of nitrogens with zero attached hydrogens (tertiary/aromatic N) is 4. The van der Waals surface area contributed by atoms with Crippen molar-refractivity contribution in [2.75, 3.05) is 31.1 Å². The van der Waals surface area contributed by atoms with Crippen molar-refractivity contribution in [3.05, 3.63) is 17.1 Å². The molecule has 2 rings (SSSR count). The molecule has 0 aromatic carbocycles. The van der Waals surface area contributed by atoms with Gasteiger partial charge in [-0.2, -0.15) is 0 Å². The van der Waals surface area contributed by atoms with Gasteiger partial charge in [-0.3, -0.25) is 4.79 Å². The summed E-state index contributed by atoms with van der Waals surface area (Å²) >= 11 is 0. The van der Waals surface area contributed by atoms with Crippen LogP contribution in [0.1, 0.15) is 56.1 Å². The molecule has 1 amide bonds. The first kappa shape index (κ1) is 17.7. The molecule has 1 aliphatic heterocycles. The van der Waals surface area contributed by atoms with Gasteiger partial charge in [-0.15, -0.1) is 0 Å². The molecule has 0 spiro atoms. The molecule has 5 heteroatoms. The lowest BCUT2D eigenvalue weighted by molar-refractivity contribution is -0.131. The van der Waals surface area contributed by atoms with E-state index in [1.165, 1.54) is 0 Å². The molecule has 0 radical (unpaired) electrons. The molecule has 0 N–H and O–H groups in total. The first-order chi connectivity index (χ1) is 11.0. The fraction of sp³-hybridized carbons (Fsp3) is 0.722. The Balaban J connectivity index is 2.00. The van der Waals surface area contributed by atoms with Gasteiger partial charge in [0.2, 0.25) is 5.91 Å². The third kappa shape index (κ3) is 4.66. The van der Waals surface area contributed by atoms with Gasteiger partial charge >= 0.3 is 0 Å². The van der Waals surface area contributed by atoms with E-state index < -0.39 is 0 Å². The number of rotatable bonds is 5. The smallest absolute Gasteiger partial charge is 0.222 e. The Morgan fingerprint density at radius 3 is 2.57 bits per heavy atom. The number of hydrogen-bond donors (Lipinski definition) is 0. The Morgan fingerprint density at radius 1 is 1.04 bits per heavy atom. The summed E-state index contributed by atoms with van der Waals surface area (Å²) in [5, 5.41) is 0. The highest BCUT2D eigenvalue weighted by Gasteiger charge is 2.21. The fourth-order valence-corrected chi connectivity index (χ4v) is 3.12. The molecule has 1 saturated heterocycles. The maximum Gasteiger partial charge on any atom is 0.222 e. The van der Waals surface area contributed by atoms with Crippen LogP contribution in [0.3, 0.4) is 0 Å². The number of anilines is 1. The van der Waals surface area contributed by atoms with Gasteiger partial charge in [-0.1, -0.05) is 19.8 Å². The lowest BCUT2D eigenvalue weighted by Crippen LogP contribution is -2.35. The molecule has 128 valence electrons. The summed E-state index contributed by atoms with van der Waals surface area (Å²) in [7, 11) is 0. The molecular formula is C18H30N4O. The van der Waals surface area contributed by atoms with Crippen LogP contribution >= 0.6 is 0 Å². The highest BCUT2D eigenvalue weighted by atomic mass is 16.2. The molecule has 0 bridgehead atoms. The number of hydrogen-bond acceptors (Lipinski definition) is 4. The Kier molecular flexibility index (Phi) is 6.37. The standard InChI is InChI=1S/C18H30N4O/c1-5-6-7-9-17(23)21-10-8-11-22(13-12-21)18-14(2)15(3)19-16(4)20-18/h5-13H2,1-4H3. The number of carbonyl (C=O) groups is 1. The molecule has 1 aromatic rings. The zero-order chi connectivity index (χ0) is 16.8. The first-order valence-corrected chi connectivity index (χ1v) is 8.87. The normalized spacial score (nSPS) is 15.7. The van der Waals surface area contributed by atoms with Crippen LogP contribution in [0.2, 0.25) is 0 Å². The summed E-state index contributed by atoms with van der Waals surface area (Å²) in [4.78, 5) is 25.8. The summed E-state index contributed by atoms with van der Waals surface area (Å²) in [5.74, 6) is 2.17. The van der Waals surface area contributed by atoms with Crippen LogP contribution in [-0.4, -0.2) is 47.0 Å². The van der Waals surface area contributed by atoms with E-state index in [2.05, 4.69) is 28.7 Å². The Hall–Kier alpha value is -1.65. The number of amides is 1. The molecule has 0 aliphatic carbocycles. The minimum absolute atomic E-state index is 0.312. The Morgan fingerprint density at radius 2 is 1.83 bits per heavy atom. The van der Waals surface area contributed by atoms with Crippen molar-refractivity contribution in [2.45, 2.75) is 59.8 Å². The van der Waals surface area contributed by atoms with Gasteiger partial charge in [0.1, 0.15) is 11.6 Å². The molecule has 0 atom stereocenters. The molecule has 5 nitrogen and oxygen atoms in total. The van der Waals surface area contributed by atoms with E-state index in [-0.39, 0.29) is 0 Å². The molecule has 1 fully saturated rings. The first-order valence-electron chi connectivity index (χ1n) is 8.87. The van der Waals surface area contributed by atoms with Gasteiger partial charge in [0.25, 0.3) is 0 Å². The highest BCUT2D eigenvalue weighted by molar-refractivity contribution is 5.76. The van der Waals surface area contributed by atoms with Gasteiger partial charge in [-0.25, -0.2) is 9.97 Å². The van der Waals surface area contributed by atoms with Crippen molar-refractivity contribution < 1.29 is 4.79 Å². The van der Waals surface area contributed by atoms with Gasteiger partial charge in [0.05, 0.1) is 0 Å².